The zero-order valence-corrected chi connectivity index (χ0v) is 13.9. The van der Waals surface area contributed by atoms with Crippen LogP contribution in [0.2, 0.25) is 5.02 Å². The Kier molecular flexibility index (Phi) is 5.56. The molecule has 0 atom stereocenters. The molecule has 0 bridgehead atoms. The first-order chi connectivity index (χ1) is 11.1. The van der Waals surface area contributed by atoms with Crippen molar-refractivity contribution in [2.75, 3.05) is 26.6 Å². The van der Waals surface area contributed by atoms with E-state index in [1.165, 1.54) is 0 Å². The van der Waals surface area contributed by atoms with Crippen LogP contribution in [0.25, 0.3) is 0 Å². The average Bonchev–Trinajstić information content (AvgIpc) is 2.59. The van der Waals surface area contributed by atoms with E-state index < -0.39 is 0 Å². The van der Waals surface area contributed by atoms with E-state index >= 15 is 0 Å². The lowest BCUT2D eigenvalue weighted by Gasteiger charge is -2.15. The van der Waals surface area contributed by atoms with E-state index in [2.05, 4.69) is 11.4 Å². The number of nitrogens with one attached hydrogen (secondary N) is 1. The summed E-state index contributed by atoms with van der Waals surface area (Å²) < 4.78 is 16.0. The fourth-order valence-electron chi connectivity index (χ4n) is 2.18. The summed E-state index contributed by atoms with van der Waals surface area (Å²) >= 11 is 5.90. The molecular formula is C17H17ClN2O3. The van der Waals surface area contributed by atoms with Gasteiger partial charge >= 0.3 is 0 Å². The average molecular weight is 333 g/mol. The van der Waals surface area contributed by atoms with Gasteiger partial charge in [-0.15, -0.1) is 0 Å². The van der Waals surface area contributed by atoms with Crippen LogP contribution in [0.15, 0.2) is 30.3 Å². The molecule has 6 heteroatoms. The molecule has 0 spiro atoms. The normalized spacial score (nSPS) is 9.87. The predicted molar refractivity (Wildman–Crippen MR) is 89.6 cm³/mol. The highest BCUT2D eigenvalue weighted by atomic mass is 35.5. The largest absolute Gasteiger partial charge is 0.496 e. The van der Waals surface area contributed by atoms with Gasteiger partial charge in [0.05, 0.1) is 32.6 Å². The van der Waals surface area contributed by atoms with Gasteiger partial charge in [0.1, 0.15) is 11.8 Å². The first kappa shape index (κ1) is 16.8. The Bertz CT molecular complexity index is 741. The Labute approximate surface area is 140 Å². The predicted octanol–water partition coefficient (Wildman–Crippen LogP) is 3.85. The third-order valence-electron chi connectivity index (χ3n) is 3.36. The van der Waals surface area contributed by atoms with Crippen molar-refractivity contribution in [3.8, 4) is 23.3 Å². The molecule has 2 aromatic rings. The summed E-state index contributed by atoms with van der Waals surface area (Å²) in [6.45, 7) is 0.458. The van der Waals surface area contributed by atoms with Crippen molar-refractivity contribution < 1.29 is 14.2 Å². The minimum atomic E-state index is 0.458. The number of anilines is 1. The van der Waals surface area contributed by atoms with Crippen molar-refractivity contribution in [2.45, 2.75) is 6.54 Å². The molecule has 0 fully saturated rings. The second kappa shape index (κ2) is 7.61. The van der Waals surface area contributed by atoms with Crippen molar-refractivity contribution >= 4 is 17.3 Å². The summed E-state index contributed by atoms with van der Waals surface area (Å²) in [6.07, 6.45) is 0. The summed E-state index contributed by atoms with van der Waals surface area (Å²) in [5.41, 5.74) is 2.06. The number of benzene rings is 2. The quantitative estimate of drug-likeness (QED) is 0.870. The highest BCUT2D eigenvalue weighted by molar-refractivity contribution is 6.30. The highest BCUT2D eigenvalue weighted by Gasteiger charge is 2.12. The minimum Gasteiger partial charge on any atom is -0.496 e. The topological polar surface area (TPSA) is 63.5 Å². The number of hydrogen-bond acceptors (Lipinski definition) is 5. The van der Waals surface area contributed by atoms with E-state index in [4.69, 9.17) is 25.8 Å². The molecule has 0 saturated carbocycles. The van der Waals surface area contributed by atoms with Gasteiger partial charge < -0.3 is 19.5 Å². The van der Waals surface area contributed by atoms with Gasteiger partial charge in [-0.1, -0.05) is 11.6 Å². The number of nitrogens with zero attached hydrogens (tertiary/aromatic N) is 1. The molecule has 0 aliphatic heterocycles. The summed E-state index contributed by atoms with van der Waals surface area (Å²) in [4.78, 5) is 0. The van der Waals surface area contributed by atoms with E-state index in [0.29, 0.717) is 40.1 Å². The lowest BCUT2D eigenvalue weighted by atomic mass is 10.1. The van der Waals surface area contributed by atoms with Crippen LogP contribution in [0, 0.1) is 11.3 Å². The monoisotopic (exact) mass is 332 g/mol. The summed E-state index contributed by atoms with van der Waals surface area (Å²) in [6, 6.07) is 10.9. The fraction of sp³-hybridized carbons (Fsp3) is 0.235. The molecule has 5 nitrogen and oxygen atoms in total. The van der Waals surface area contributed by atoms with Gasteiger partial charge in [-0.3, -0.25) is 0 Å². The van der Waals surface area contributed by atoms with Gasteiger partial charge in [0.15, 0.2) is 11.5 Å². The van der Waals surface area contributed by atoms with Crippen LogP contribution in [0.4, 0.5) is 5.69 Å². The molecule has 0 heterocycles. The maximum absolute atomic E-state index is 9.18. The van der Waals surface area contributed by atoms with Crippen molar-refractivity contribution in [3.63, 3.8) is 0 Å². The maximum atomic E-state index is 9.18. The Morgan fingerprint density at radius 1 is 1.00 bits per heavy atom. The molecule has 120 valence electrons. The molecule has 0 radical (unpaired) electrons. The van der Waals surface area contributed by atoms with E-state index in [0.717, 1.165) is 5.56 Å². The molecular weight excluding hydrogens is 316 g/mol. The van der Waals surface area contributed by atoms with Crippen molar-refractivity contribution in [1.82, 2.24) is 0 Å². The van der Waals surface area contributed by atoms with E-state index in [-0.39, 0.29) is 0 Å². The molecule has 0 saturated heterocycles. The molecule has 1 N–H and O–H groups in total. The third-order valence-corrected chi connectivity index (χ3v) is 3.59. The van der Waals surface area contributed by atoms with Crippen molar-refractivity contribution in [2.24, 2.45) is 0 Å². The lowest BCUT2D eigenvalue weighted by molar-refractivity contribution is 0.347. The van der Waals surface area contributed by atoms with Gasteiger partial charge in [0, 0.05) is 23.2 Å². The lowest BCUT2D eigenvalue weighted by Crippen LogP contribution is -2.04. The van der Waals surface area contributed by atoms with Crippen molar-refractivity contribution in [3.05, 3.63) is 46.5 Å². The van der Waals surface area contributed by atoms with E-state index in [1.807, 2.05) is 6.07 Å². The third kappa shape index (κ3) is 3.79. The zero-order chi connectivity index (χ0) is 16.8. The Morgan fingerprint density at radius 2 is 1.65 bits per heavy atom. The molecule has 0 aromatic heterocycles. The van der Waals surface area contributed by atoms with Gasteiger partial charge in [-0.2, -0.15) is 5.26 Å². The van der Waals surface area contributed by atoms with Crippen LogP contribution in [-0.2, 0) is 6.54 Å². The van der Waals surface area contributed by atoms with Gasteiger partial charge in [0.2, 0.25) is 0 Å². The number of nitriles is 1. The maximum Gasteiger partial charge on any atom is 0.164 e. The van der Waals surface area contributed by atoms with Crippen LogP contribution in [0.1, 0.15) is 11.1 Å². The van der Waals surface area contributed by atoms with Gasteiger partial charge in [0.25, 0.3) is 0 Å². The smallest absolute Gasteiger partial charge is 0.164 e. The second-order valence-corrected chi connectivity index (χ2v) is 5.11. The molecule has 0 aliphatic rings. The Balaban J connectivity index is 2.28. The van der Waals surface area contributed by atoms with Crippen molar-refractivity contribution in [1.29, 1.82) is 5.26 Å². The van der Waals surface area contributed by atoms with Crippen LogP contribution in [0.3, 0.4) is 0 Å². The number of halogens is 1. The van der Waals surface area contributed by atoms with Crippen LogP contribution in [0.5, 0.6) is 17.2 Å². The Morgan fingerprint density at radius 3 is 2.26 bits per heavy atom. The van der Waals surface area contributed by atoms with Crippen LogP contribution >= 0.6 is 11.6 Å². The number of rotatable bonds is 6. The Hall–Kier alpha value is -2.58. The molecule has 0 unspecified atom stereocenters. The van der Waals surface area contributed by atoms with Crippen LogP contribution in [-0.4, -0.2) is 21.3 Å². The van der Waals surface area contributed by atoms with E-state index in [9.17, 15) is 5.26 Å². The van der Waals surface area contributed by atoms with Gasteiger partial charge in [-0.05, 0) is 24.3 Å². The summed E-state index contributed by atoms with van der Waals surface area (Å²) in [5, 5.41) is 12.9. The number of methoxy groups -OCH3 is 3. The standard InChI is InChI=1S/C17H17ClN2O3/c1-21-15-8-17(23-3)16(22-2)7-12(15)10-20-14-5-4-13(18)6-11(14)9-19/h4-8,20H,10H2,1-3H3. The van der Waals surface area contributed by atoms with E-state index in [1.54, 1.807) is 45.6 Å². The van der Waals surface area contributed by atoms with Crippen LogP contribution < -0.4 is 19.5 Å². The second-order valence-electron chi connectivity index (χ2n) is 4.67. The molecule has 0 amide bonds. The molecule has 0 aliphatic carbocycles. The first-order valence-corrected chi connectivity index (χ1v) is 7.23. The van der Waals surface area contributed by atoms with Gasteiger partial charge in [-0.25, -0.2) is 0 Å². The molecule has 2 aromatic carbocycles. The SMILES string of the molecule is COc1cc(OC)c(OC)cc1CNc1ccc(Cl)cc1C#N. The first-order valence-electron chi connectivity index (χ1n) is 6.85. The molecule has 23 heavy (non-hydrogen) atoms. The fourth-order valence-corrected chi connectivity index (χ4v) is 2.36. The number of ether oxygens (including phenoxy) is 3. The zero-order valence-electron chi connectivity index (χ0n) is 13.1. The molecule has 2 rings (SSSR count). The number of hydrogen-bond donors (Lipinski definition) is 1. The summed E-state index contributed by atoms with van der Waals surface area (Å²) in [5.74, 6) is 1.88. The highest BCUT2D eigenvalue weighted by Crippen LogP contribution is 2.35. The minimum absolute atomic E-state index is 0.458. The summed E-state index contributed by atoms with van der Waals surface area (Å²) in [7, 11) is 4.74.